The molecule has 0 aliphatic heterocycles. The number of rotatable bonds is 5. The first-order valence-corrected chi connectivity index (χ1v) is 7.82. The molecule has 0 aliphatic carbocycles. The number of halogens is 1. The molecule has 0 aliphatic rings. The number of hydrogen-bond acceptors (Lipinski definition) is 2. The summed E-state index contributed by atoms with van der Waals surface area (Å²) in [6, 6.07) is 8.79. The smallest absolute Gasteiger partial charge is 0.0603 e. The summed E-state index contributed by atoms with van der Waals surface area (Å²) in [5.41, 5.74) is 4.93. The van der Waals surface area contributed by atoms with Crippen LogP contribution < -0.4 is 5.32 Å². The Kier molecular flexibility index (Phi) is 5.32. The molecule has 2 rings (SSSR count). The lowest BCUT2D eigenvalue weighted by molar-refractivity contribution is 0.594. The van der Waals surface area contributed by atoms with E-state index in [-0.39, 0.29) is 6.04 Å². The molecule has 0 radical (unpaired) electrons. The number of nitrogens with one attached hydrogen (secondary N) is 1. The van der Waals surface area contributed by atoms with Crippen molar-refractivity contribution in [1.82, 2.24) is 10.3 Å². The second kappa shape index (κ2) is 7.00. The van der Waals surface area contributed by atoms with Crippen LogP contribution >= 0.6 is 15.9 Å². The van der Waals surface area contributed by atoms with Crippen molar-refractivity contribution in [2.75, 3.05) is 6.54 Å². The monoisotopic (exact) mass is 332 g/mol. The van der Waals surface area contributed by atoms with Crippen LogP contribution in [0.4, 0.5) is 0 Å². The van der Waals surface area contributed by atoms with Gasteiger partial charge in [-0.05, 0) is 49.1 Å². The van der Waals surface area contributed by atoms with Crippen molar-refractivity contribution in [3.63, 3.8) is 0 Å². The molecule has 1 N–H and O–H groups in total. The molecule has 0 spiro atoms. The first-order chi connectivity index (χ1) is 9.63. The second-order valence-electron chi connectivity index (χ2n) is 5.16. The van der Waals surface area contributed by atoms with Gasteiger partial charge < -0.3 is 5.32 Å². The lowest BCUT2D eigenvalue weighted by atomic mass is 9.97. The number of benzene rings is 1. The van der Waals surface area contributed by atoms with Gasteiger partial charge in [-0.15, -0.1) is 0 Å². The van der Waals surface area contributed by atoms with Crippen LogP contribution in [0.3, 0.4) is 0 Å². The molecule has 20 heavy (non-hydrogen) atoms. The van der Waals surface area contributed by atoms with Crippen LogP contribution in [0.5, 0.6) is 0 Å². The minimum absolute atomic E-state index is 0.177. The maximum atomic E-state index is 4.34. The van der Waals surface area contributed by atoms with Crippen molar-refractivity contribution in [2.24, 2.45) is 0 Å². The van der Waals surface area contributed by atoms with E-state index >= 15 is 0 Å². The third-order valence-electron chi connectivity index (χ3n) is 3.36. The highest BCUT2D eigenvalue weighted by atomic mass is 79.9. The van der Waals surface area contributed by atoms with Crippen LogP contribution in [0.2, 0.25) is 0 Å². The second-order valence-corrected chi connectivity index (χ2v) is 5.95. The zero-order valence-corrected chi connectivity index (χ0v) is 13.9. The Bertz CT molecular complexity index is 581. The first kappa shape index (κ1) is 15.2. The number of pyridine rings is 1. The maximum Gasteiger partial charge on any atom is 0.0603 e. The predicted molar refractivity (Wildman–Crippen MR) is 88.0 cm³/mol. The van der Waals surface area contributed by atoms with Crippen LogP contribution in [-0.4, -0.2) is 11.5 Å². The summed E-state index contributed by atoms with van der Waals surface area (Å²) in [5, 5.41) is 3.63. The molecule has 106 valence electrons. The fourth-order valence-electron chi connectivity index (χ4n) is 2.33. The van der Waals surface area contributed by atoms with Crippen molar-refractivity contribution >= 4 is 15.9 Å². The molecule has 1 aromatic carbocycles. The van der Waals surface area contributed by atoms with Gasteiger partial charge in [-0.1, -0.05) is 47.1 Å². The van der Waals surface area contributed by atoms with E-state index in [4.69, 9.17) is 0 Å². The minimum Gasteiger partial charge on any atom is -0.306 e. The van der Waals surface area contributed by atoms with Crippen molar-refractivity contribution < 1.29 is 0 Å². The Balaban J connectivity index is 2.44. The summed E-state index contributed by atoms with van der Waals surface area (Å²) < 4.78 is 1.18. The predicted octanol–water partition coefficient (Wildman–Crippen LogP) is 4.55. The van der Waals surface area contributed by atoms with E-state index in [2.05, 4.69) is 71.3 Å². The molecule has 0 saturated carbocycles. The Labute approximate surface area is 129 Å². The van der Waals surface area contributed by atoms with Gasteiger partial charge in [0.1, 0.15) is 0 Å². The molecular weight excluding hydrogens is 312 g/mol. The highest BCUT2D eigenvalue weighted by Crippen LogP contribution is 2.30. The standard InChI is InChI=1S/C17H21BrN2/c1-4-8-20-17(14-9-12(2)10-19-11-14)15-7-5-6-13(3)16(15)18/h5-7,9-11,17,20H,4,8H2,1-3H3. The van der Waals surface area contributed by atoms with Gasteiger partial charge in [0.15, 0.2) is 0 Å². The van der Waals surface area contributed by atoms with Gasteiger partial charge in [-0.2, -0.15) is 0 Å². The zero-order chi connectivity index (χ0) is 14.5. The molecule has 0 bridgehead atoms. The van der Waals surface area contributed by atoms with Crippen molar-refractivity contribution in [3.05, 3.63) is 63.4 Å². The van der Waals surface area contributed by atoms with Gasteiger partial charge in [-0.3, -0.25) is 4.98 Å². The highest BCUT2D eigenvalue weighted by molar-refractivity contribution is 9.10. The van der Waals surface area contributed by atoms with Gasteiger partial charge in [0, 0.05) is 16.9 Å². The fraction of sp³-hybridized carbons (Fsp3) is 0.353. The van der Waals surface area contributed by atoms with E-state index in [1.807, 2.05) is 12.4 Å². The van der Waals surface area contributed by atoms with E-state index < -0.39 is 0 Å². The highest BCUT2D eigenvalue weighted by Gasteiger charge is 2.17. The summed E-state index contributed by atoms with van der Waals surface area (Å²) in [7, 11) is 0. The van der Waals surface area contributed by atoms with Crippen LogP contribution in [0.15, 0.2) is 41.1 Å². The summed E-state index contributed by atoms with van der Waals surface area (Å²) in [6.07, 6.45) is 4.96. The number of aryl methyl sites for hydroxylation is 2. The molecule has 1 unspecified atom stereocenters. The fourth-order valence-corrected chi connectivity index (χ4v) is 2.82. The Morgan fingerprint density at radius 2 is 2.05 bits per heavy atom. The average Bonchev–Trinajstić information content (AvgIpc) is 2.44. The lowest BCUT2D eigenvalue weighted by Crippen LogP contribution is -2.24. The van der Waals surface area contributed by atoms with E-state index in [0.717, 1.165) is 13.0 Å². The third kappa shape index (κ3) is 3.47. The van der Waals surface area contributed by atoms with Gasteiger partial charge in [-0.25, -0.2) is 0 Å². The molecule has 0 saturated heterocycles. The van der Waals surface area contributed by atoms with Gasteiger partial charge >= 0.3 is 0 Å². The molecule has 1 atom stereocenters. The van der Waals surface area contributed by atoms with Crippen molar-refractivity contribution in [1.29, 1.82) is 0 Å². The van der Waals surface area contributed by atoms with E-state index in [9.17, 15) is 0 Å². The van der Waals surface area contributed by atoms with E-state index in [1.165, 1.54) is 26.7 Å². The third-order valence-corrected chi connectivity index (χ3v) is 4.44. The summed E-state index contributed by atoms with van der Waals surface area (Å²) in [5.74, 6) is 0. The van der Waals surface area contributed by atoms with Crippen LogP contribution in [-0.2, 0) is 0 Å². The van der Waals surface area contributed by atoms with Crippen molar-refractivity contribution in [3.8, 4) is 0 Å². The SMILES string of the molecule is CCCNC(c1cncc(C)c1)c1cccc(C)c1Br. The molecular formula is C17H21BrN2. The Hall–Kier alpha value is -1.19. The summed E-state index contributed by atoms with van der Waals surface area (Å²) in [6.45, 7) is 7.38. The van der Waals surface area contributed by atoms with Crippen LogP contribution in [0, 0.1) is 13.8 Å². The number of hydrogen-bond donors (Lipinski definition) is 1. The maximum absolute atomic E-state index is 4.34. The Morgan fingerprint density at radius 1 is 1.25 bits per heavy atom. The molecule has 3 heteroatoms. The first-order valence-electron chi connectivity index (χ1n) is 7.03. The largest absolute Gasteiger partial charge is 0.306 e. The summed E-state index contributed by atoms with van der Waals surface area (Å²) in [4.78, 5) is 4.34. The molecule has 2 aromatic rings. The molecule has 1 heterocycles. The zero-order valence-electron chi connectivity index (χ0n) is 12.3. The van der Waals surface area contributed by atoms with E-state index in [0.29, 0.717) is 0 Å². The van der Waals surface area contributed by atoms with Gasteiger partial charge in [0.05, 0.1) is 6.04 Å². The average molecular weight is 333 g/mol. The van der Waals surface area contributed by atoms with Gasteiger partial charge in [0.25, 0.3) is 0 Å². The normalized spacial score (nSPS) is 12.4. The Morgan fingerprint density at radius 3 is 2.75 bits per heavy atom. The lowest BCUT2D eigenvalue weighted by Gasteiger charge is -2.21. The molecule has 1 aromatic heterocycles. The van der Waals surface area contributed by atoms with Crippen molar-refractivity contribution in [2.45, 2.75) is 33.2 Å². The summed E-state index contributed by atoms with van der Waals surface area (Å²) >= 11 is 3.73. The van der Waals surface area contributed by atoms with Crippen LogP contribution in [0.1, 0.15) is 41.6 Å². The minimum atomic E-state index is 0.177. The quantitative estimate of drug-likeness (QED) is 0.868. The van der Waals surface area contributed by atoms with E-state index in [1.54, 1.807) is 0 Å². The molecule has 2 nitrogen and oxygen atoms in total. The number of aromatic nitrogens is 1. The molecule has 0 amide bonds. The van der Waals surface area contributed by atoms with Crippen LogP contribution in [0.25, 0.3) is 0 Å². The number of nitrogens with zero attached hydrogens (tertiary/aromatic N) is 1. The van der Waals surface area contributed by atoms with Gasteiger partial charge in [0.2, 0.25) is 0 Å². The molecule has 0 fully saturated rings. The topological polar surface area (TPSA) is 24.9 Å².